The van der Waals surface area contributed by atoms with E-state index in [0.717, 1.165) is 43.6 Å². The first-order valence-corrected chi connectivity index (χ1v) is 10.9. The number of aromatic nitrogens is 2. The Morgan fingerprint density at radius 3 is 2.80 bits per heavy atom. The Morgan fingerprint density at radius 2 is 1.97 bits per heavy atom. The number of anilines is 1. The van der Waals surface area contributed by atoms with Gasteiger partial charge in [0, 0.05) is 31.9 Å². The van der Waals surface area contributed by atoms with Crippen LogP contribution >= 0.6 is 0 Å². The van der Waals surface area contributed by atoms with Gasteiger partial charge >= 0.3 is 0 Å². The molecule has 1 aliphatic rings. The highest BCUT2D eigenvalue weighted by molar-refractivity contribution is 6.04. The van der Waals surface area contributed by atoms with Crippen LogP contribution in [0.3, 0.4) is 0 Å². The van der Waals surface area contributed by atoms with Crippen molar-refractivity contribution in [2.45, 2.75) is 39.3 Å². The fraction of sp³-hybridized carbons (Fsp3) is 0.417. The molecule has 1 fully saturated rings. The number of para-hydroxylation sites is 2. The Balaban J connectivity index is 1.51. The third-order valence-electron chi connectivity index (χ3n) is 5.55. The number of nitrogens with one attached hydrogen (secondary N) is 1. The predicted molar refractivity (Wildman–Crippen MR) is 120 cm³/mol. The number of benzene rings is 2. The van der Waals surface area contributed by atoms with Gasteiger partial charge in [0.05, 0.1) is 11.0 Å². The van der Waals surface area contributed by atoms with E-state index in [0.29, 0.717) is 24.7 Å². The minimum Gasteiger partial charge on any atom is -0.382 e. The highest BCUT2D eigenvalue weighted by Crippen LogP contribution is 2.21. The van der Waals surface area contributed by atoms with Crippen LogP contribution in [0.15, 0.2) is 48.5 Å². The molecule has 1 N–H and O–H groups in total. The average molecular weight is 407 g/mol. The summed E-state index contributed by atoms with van der Waals surface area (Å²) in [4.78, 5) is 20.1. The molecule has 1 saturated heterocycles. The number of ether oxygens (including phenoxy) is 1. The second kappa shape index (κ2) is 9.87. The number of nitrogens with zero attached hydrogens (tertiary/aromatic N) is 3. The van der Waals surface area contributed by atoms with Crippen molar-refractivity contribution in [3.8, 4) is 0 Å². The zero-order chi connectivity index (χ0) is 20.8. The molecule has 0 spiro atoms. The van der Waals surface area contributed by atoms with E-state index in [4.69, 9.17) is 4.74 Å². The topological polar surface area (TPSA) is 59.4 Å². The molecule has 0 bridgehead atoms. The van der Waals surface area contributed by atoms with Crippen LogP contribution in [0.4, 0.5) is 5.95 Å². The van der Waals surface area contributed by atoms with Crippen molar-refractivity contribution >= 4 is 22.9 Å². The molecule has 30 heavy (non-hydrogen) atoms. The molecule has 1 aromatic heterocycles. The first kappa shape index (κ1) is 20.6. The first-order chi connectivity index (χ1) is 14.7. The van der Waals surface area contributed by atoms with E-state index in [9.17, 15) is 4.79 Å². The molecule has 0 atom stereocenters. The van der Waals surface area contributed by atoms with Gasteiger partial charge in [-0.3, -0.25) is 15.0 Å². The van der Waals surface area contributed by atoms with Crippen molar-refractivity contribution in [2.24, 2.45) is 0 Å². The Kier molecular flexibility index (Phi) is 6.77. The van der Waals surface area contributed by atoms with Crippen LogP contribution in [0, 0.1) is 0 Å². The SMILES string of the molecule is CCOCCCn1c(NC(=O)c2cccc(CN3CCCC3)c2)nc2ccccc21. The maximum Gasteiger partial charge on any atom is 0.257 e. The number of rotatable bonds is 9. The number of hydrogen-bond acceptors (Lipinski definition) is 4. The minimum atomic E-state index is -0.125. The molecule has 3 aromatic rings. The van der Waals surface area contributed by atoms with Crippen molar-refractivity contribution in [3.63, 3.8) is 0 Å². The van der Waals surface area contributed by atoms with Gasteiger partial charge in [-0.15, -0.1) is 0 Å². The molecule has 1 amide bonds. The third kappa shape index (κ3) is 4.89. The summed E-state index contributed by atoms with van der Waals surface area (Å²) in [5, 5.41) is 3.04. The van der Waals surface area contributed by atoms with E-state index in [1.165, 1.54) is 18.4 Å². The molecule has 0 radical (unpaired) electrons. The van der Waals surface area contributed by atoms with Crippen LogP contribution < -0.4 is 5.32 Å². The van der Waals surface area contributed by atoms with E-state index in [2.05, 4.69) is 25.8 Å². The summed E-state index contributed by atoms with van der Waals surface area (Å²) in [6.45, 7) is 7.32. The lowest BCUT2D eigenvalue weighted by Gasteiger charge is -2.15. The second-order valence-electron chi connectivity index (χ2n) is 7.76. The molecular formula is C24H30N4O2. The standard InChI is InChI=1S/C24H30N4O2/c1-2-30-16-8-15-28-22-12-4-3-11-21(22)25-24(28)26-23(29)20-10-7-9-19(17-20)18-27-13-5-6-14-27/h3-4,7,9-12,17H,2,5-6,8,13-16,18H2,1H3,(H,25,26,29). The second-order valence-corrected chi connectivity index (χ2v) is 7.76. The van der Waals surface area contributed by atoms with Crippen LogP contribution in [0.1, 0.15) is 42.1 Å². The van der Waals surface area contributed by atoms with Gasteiger partial charge < -0.3 is 9.30 Å². The molecular weight excluding hydrogens is 376 g/mol. The summed E-state index contributed by atoms with van der Waals surface area (Å²) in [7, 11) is 0. The zero-order valence-electron chi connectivity index (χ0n) is 17.6. The molecule has 0 saturated carbocycles. The van der Waals surface area contributed by atoms with E-state index >= 15 is 0 Å². The Bertz CT molecular complexity index is 992. The van der Waals surface area contributed by atoms with Crippen LogP contribution in [0.2, 0.25) is 0 Å². The molecule has 4 rings (SSSR count). The fourth-order valence-corrected chi connectivity index (χ4v) is 4.05. The summed E-state index contributed by atoms with van der Waals surface area (Å²) in [5.74, 6) is 0.460. The summed E-state index contributed by atoms with van der Waals surface area (Å²) in [6, 6.07) is 15.9. The van der Waals surface area contributed by atoms with Gasteiger partial charge in [0.15, 0.2) is 0 Å². The van der Waals surface area contributed by atoms with Crippen molar-refractivity contribution in [3.05, 3.63) is 59.7 Å². The van der Waals surface area contributed by atoms with E-state index in [1.807, 2.05) is 49.4 Å². The van der Waals surface area contributed by atoms with Gasteiger partial charge in [-0.25, -0.2) is 4.98 Å². The number of fused-ring (bicyclic) bond motifs is 1. The lowest BCUT2D eigenvalue weighted by molar-refractivity contribution is 0.102. The summed E-state index contributed by atoms with van der Waals surface area (Å²) in [5.41, 5.74) is 3.74. The number of amides is 1. The van der Waals surface area contributed by atoms with E-state index < -0.39 is 0 Å². The van der Waals surface area contributed by atoms with E-state index in [1.54, 1.807) is 0 Å². The number of imidazole rings is 1. The number of carbonyl (C=O) groups is 1. The van der Waals surface area contributed by atoms with Gasteiger partial charge in [0.25, 0.3) is 5.91 Å². The lowest BCUT2D eigenvalue weighted by Crippen LogP contribution is -2.19. The quantitative estimate of drug-likeness (QED) is 0.538. The maximum absolute atomic E-state index is 13.0. The minimum absolute atomic E-state index is 0.125. The fourth-order valence-electron chi connectivity index (χ4n) is 4.05. The van der Waals surface area contributed by atoms with Crippen LogP contribution in [0.5, 0.6) is 0 Å². The smallest absolute Gasteiger partial charge is 0.257 e. The Labute approximate surface area is 177 Å². The van der Waals surface area contributed by atoms with Gasteiger partial charge in [-0.05, 0) is 69.1 Å². The van der Waals surface area contributed by atoms with Gasteiger partial charge in [-0.2, -0.15) is 0 Å². The summed E-state index contributed by atoms with van der Waals surface area (Å²) < 4.78 is 7.55. The van der Waals surface area contributed by atoms with Crippen LogP contribution in [-0.2, 0) is 17.8 Å². The average Bonchev–Trinajstić information content (AvgIpc) is 3.39. The van der Waals surface area contributed by atoms with Gasteiger partial charge in [0.2, 0.25) is 5.95 Å². The maximum atomic E-state index is 13.0. The first-order valence-electron chi connectivity index (χ1n) is 10.9. The summed E-state index contributed by atoms with van der Waals surface area (Å²) >= 11 is 0. The molecule has 1 aliphatic heterocycles. The largest absolute Gasteiger partial charge is 0.382 e. The van der Waals surface area contributed by atoms with Crippen LogP contribution in [-0.4, -0.2) is 46.7 Å². The monoisotopic (exact) mass is 406 g/mol. The molecule has 158 valence electrons. The normalized spacial score (nSPS) is 14.4. The van der Waals surface area contributed by atoms with Gasteiger partial charge in [0.1, 0.15) is 0 Å². The Morgan fingerprint density at radius 1 is 1.13 bits per heavy atom. The van der Waals surface area contributed by atoms with Crippen molar-refractivity contribution < 1.29 is 9.53 Å². The number of likely N-dealkylation sites (tertiary alicyclic amines) is 1. The molecule has 6 nitrogen and oxygen atoms in total. The molecule has 2 aromatic carbocycles. The van der Waals surface area contributed by atoms with Crippen LogP contribution in [0.25, 0.3) is 11.0 Å². The molecule has 0 aliphatic carbocycles. The number of hydrogen-bond donors (Lipinski definition) is 1. The van der Waals surface area contributed by atoms with E-state index in [-0.39, 0.29) is 5.91 Å². The lowest BCUT2D eigenvalue weighted by atomic mass is 10.1. The summed E-state index contributed by atoms with van der Waals surface area (Å²) in [6.07, 6.45) is 3.39. The van der Waals surface area contributed by atoms with Crippen molar-refractivity contribution in [1.82, 2.24) is 14.5 Å². The highest BCUT2D eigenvalue weighted by atomic mass is 16.5. The number of carbonyl (C=O) groups excluding carboxylic acids is 1. The third-order valence-corrected chi connectivity index (χ3v) is 5.55. The molecule has 0 unspecified atom stereocenters. The Hall–Kier alpha value is -2.70. The molecule has 6 heteroatoms. The predicted octanol–water partition coefficient (Wildman–Crippen LogP) is 4.31. The highest BCUT2D eigenvalue weighted by Gasteiger charge is 2.16. The number of aryl methyl sites for hydroxylation is 1. The molecule has 2 heterocycles. The zero-order valence-corrected chi connectivity index (χ0v) is 17.6. The van der Waals surface area contributed by atoms with Crippen molar-refractivity contribution in [1.29, 1.82) is 0 Å². The van der Waals surface area contributed by atoms with Crippen molar-refractivity contribution in [2.75, 3.05) is 31.6 Å². The van der Waals surface area contributed by atoms with Gasteiger partial charge in [-0.1, -0.05) is 24.3 Å².